The summed E-state index contributed by atoms with van der Waals surface area (Å²) in [5, 5.41) is 19.3. The summed E-state index contributed by atoms with van der Waals surface area (Å²) in [5.41, 5.74) is 3.77. The largest absolute Gasteiger partial charge is 0.508 e. The molecule has 2 N–H and O–H groups in total. The van der Waals surface area contributed by atoms with E-state index in [1.54, 1.807) is 24.3 Å². The van der Waals surface area contributed by atoms with Crippen LogP contribution in [-0.4, -0.2) is 10.2 Å². The molecule has 0 unspecified atom stereocenters. The molecular weight excluding hydrogens is 200 g/mol. The van der Waals surface area contributed by atoms with Crippen LogP contribution < -0.4 is 0 Å². The molecule has 0 saturated carbocycles. The second-order valence-electron chi connectivity index (χ2n) is 3.95. The first-order chi connectivity index (χ1) is 7.59. The van der Waals surface area contributed by atoms with Gasteiger partial charge in [0.05, 0.1) is 0 Å². The van der Waals surface area contributed by atoms with E-state index in [0.29, 0.717) is 0 Å². The van der Waals surface area contributed by atoms with Crippen LogP contribution in [0.2, 0.25) is 0 Å². The predicted molar refractivity (Wildman–Crippen MR) is 64.7 cm³/mol. The fourth-order valence-corrected chi connectivity index (χ4v) is 1.83. The zero-order valence-electron chi connectivity index (χ0n) is 9.36. The summed E-state index contributed by atoms with van der Waals surface area (Å²) < 4.78 is 0. The van der Waals surface area contributed by atoms with E-state index in [1.165, 1.54) is 0 Å². The van der Waals surface area contributed by atoms with Gasteiger partial charge in [-0.25, -0.2) is 0 Å². The van der Waals surface area contributed by atoms with Crippen molar-refractivity contribution in [1.82, 2.24) is 0 Å². The number of aromatic hydroxyl groups is 2. The Labute approximate surface area is 94.8 Å². The van der Waals surface area contributed by atoms with Crippen LogP contribution >= 0.6 is 0 Å². The van der Waals surface area contributed by atoms with Crippen molar-refractivity contribution in [3.05, 3.63) is 47.5 Å². The number of aryl methyl sites for hydroxylation is 1. The first-order valence-electron chi connectivity index (χ1n) is 5.18. The Morgan fingerprint density at radius 1 is 0.938 bits per heavy atom. The SMILES string of the molecule is Cc1ccc(O)c(-c2cccc(O)c2)c1C. The molecule has 2 heteroatoms. The molecule has 0 fully saturated rings. The van der Waals surface area contributed by atoms with E-state index >= 15 is 0 Å². The lowest BCUT2D eigenvalue weighted by atomic mass is 9.96. The highest BCUT2D eigenvalue weighted by Crippen LogP contribution is 2.35. The molecule has 0 aliphatic carbocycles. The molecule has 0 heterocycles. The second kappa shape index (κ2) is 3.89. The molecule has 0 amide bonds. The molecule has 0 radical (unpaired) electrons. The molecular formula is C14H14O2. The molecule has 0 atom stereocenters. The van der Waals surface area contributed by atoms with Gasteiger partial charge in [0.25, 0.3) is 0 Å². The average Bonchev–Trinajstić information content (AvgIpc) is 2.24. The fraction of sp³-hybridized carbons (Fsp3) is 0.143. The number of phenolic OH excluding ortho intramolecular Hbond substituents is 2. The van der Waals surface area contributed by atoms with Gasteiger partial charge < -0.3 is 10.2 Å². The summed E-state index contributed by atoms with van der Waals surface area (Å²) in [4.78, 5) is 0. The monoisotopic (exact) mass is 214 g/mol. The summed E-state index contributed by atoms with van der Waals surface area (Å²) in [6.45, 7) is 3.97. The highest BCUT2D eigenvalue weighted by molar-refractivity contribution is 5.75. The summed E-state index contributed by atoms with van der Waals surface area (Å²) in [6, 6.07) is 10.5. The first-order valence-corrected chi connectivity index (χ1v) is 5.18. The first kappa shape index (κ1) is 10.6. The summed E-state index contributed by atoms with van der Waals surface area (Å²) >= 11 is 0. The Morgan fingerprint density at radius 3 is 2.38 bits per heavy atom. The molecule has 82 valence electrons. The van der Waals surface area contributed by atoms with Crippen molar-refractivity contribution in [3.8, 4) is 22.6 Å². The highest BCUT2D eigenvalue weighted by atomic mass is 16.3. The van der Waals surface area contributed by atoms with Gasteiger partial charge in [-0.15, -0.1) is 0 Å². The molecule has 0 aliphatic heterocycles. The quantitative estimate of drug-likeness (QED) is 0.764. The van der Waals surface area contributed by atoms with E-state index in [9.17, 15) is 10.2 Å². The van der Waals surface area contributed by atoms with Crippen LogP contribution in [0.25, 0.3) is 11.1 Å². The zero-order valence-corrected chi connectivity index (χ0v) is 9.36. The fourth-order valence-electron chi connectivity index (χ4n) is 1.83. The molecule has 2 aromatic rings. The molecule has 2 aromatic carbocycles. The van der Waals surface area contributed by atoms with E-state index in [4.69, 9.17) is 0 Å². The van der Waals surface area contributed by atoms with Crippen molar-refractivity contribution in [1.29, 1.82) is 0 Å². The molecule has 0 saturated heterocycles. The van der Waals surface area contributed by atoms with Gasteiger partial charge in [0, 0.05) is 5.56 Å². The molecule has 16 heavy (non-hydrogen) atoms. The predicted octanol–water partition coefficient (Wildman–Crippen LogP) is 3.38. The zero-order chi connectivity index (χ0) is 11.7. The number of benzene rings is 2. The Balaban J connectivity index is 2.68. The van der Waals surface area contributed by atoms with E-state index in [2.05, 4.69) is 0 Å². The van der Waals surface area contributed by atoms with Crippen molar-refractivity contribution in [3.63, 3.8) is 0 Å². The van der Waals surface area contributed by atoms with Gasteiger partial charge in [-0.1, -0.05) is 18.2 Å². The van der Waals surface area contributed by atoms with Crippen LogP contribution in [0.4, 0.5) is 0 Å². The minimum Gasteiger partial charge on any atom is -0.508 e. The molecule has 2 rings (SSSR count). The topological polar surface area (TPSA) is 40.5 Å². The van der Waals surface area contributed by atoms with Gasteiger partial charge in [0.2, 0.25) is 0 Å². The third kappa shape index (κ3) is 1.74. The molecule has 0 bridgehead atoms. The van der Waals surface area contributed by atoms with Gasteiger partial charge in [-0.3, -0.25) is 0 Å². The standard InChI is InChI=1S/C14H14O2/c1-9-6-7-13(16)14(10(9)2)11-4-3-5-12(15)8-11/h3-8,15-16H,1-2H3. The lowest BCUT2D eigenvalue weighted by Gasteiger charge is -2.11. The van der Waals surface area contributed by atoms with Crippen molar-refractivity contribution in [2.45, 2.75) is 13.8 Å². The smallest absolute Gasteiger partial charge is 0.123 e. The van der Waals surface area contributed by atoms with Crippen molar-refractivity contribution in [2.75, 3.05) is 0 Å². The summed E-state index contributed by atoms with van der Waals surface area (Å²) in [6.07, 6.45) is 0. The maximum Gasteiger partial charge on any atom is 0.123 e. The van der Waals surface area contributed by atoms with Crippen LogP contribution in [0, 0.1) is 13.8 Å². The van der Waals surface area contributed by atoms with Crippen molar-refractivity contribution < 1.29 is 10.2 Å². The molecule has 0 aliphatic rings. The summed E-state index contributed by atoms with van der Waals surface area (Å²) in [7, 11) is 0. The normalized spacial score (nSPS) is 10.4. The van der Waals surface area contributed by atoms with Crippen LogP contribution in [0.15, 0.2) is 36.4 Å². The molecule has 0 aromatic heterocycles. The highest BCUT2D eigenvalue weighted by Gasteiger charge is 2.09. The van der Waals surface area contributed by atoms with E-state index in [-0.39, 0.29) is 11.5 Å². The summed E-state index contributed by atoms with van der Waals surface area (Å²) in [5.74, 6) is 0.450. The number of hydrogen-bond donors (Lipinski definition) is 2. The van der Waals surface area contributed by atoms with Crippen LogP contribution in [0.5, 0.6) is 11.5 Å². The minimum atomic E-state index is 0.206. The minimum absolute atomic E-state index is 0.206. The van der Waals surface area contributed by atoms with Gasteiger partial charge in [-0.05, 0) is 48.7 Å². The van der Waals surface area contributed by atoms with E-state index < -0.39 is 0 Å². The van der Waals surface area contributed by atoms with Gasteiger partial charge in [0.15, 0.2) is 0 Å². The molecule has 2 nitrogen and oxygen atoms in total. The van der Waals surface area contributed by atoms with Crippen LogP contribution in [0.1, 0.15) is 11.1 Å². The number of rotatable bonds is 1. The Bertz CT molecular complexity index is 530. The van der Waals surface area contributed by atoms with Gasteiger partial charge >= 0.3 is 0 Å². The van der Waals surface area contributed by atoms with Crippen LogP contribution in [0.3, 0.4) is 0 Å². The van der Waals surface area contributed by atoms with Gasteiger partial charge in [-0.2, -0.15) is 0 Å². The van der Waals surface area contributed by atoms with Gasteiger partial charge in [0.1, 0.15) is 11.5 Å². The Hall–Kier alpha value is -1.96. The van der Waals surface area contributed by atoms with Crippen molar-refractivity contribution >= 4 is 0 Å². The van der Waals surface area contributed by atoms with E-state index in [0.717, 1.165) is 22.3 Å². The Kier molecular flexibility index (Phi) is 2.57. The number of phenols is 2. The van der Waals surface area contributed by atoms with Crippen molar-refractivity contribution in [2.24, 2.45) is 0 Å². The maximum absolute atomic E-state index is 9.88. The maximum atomic E-state index is 9.88. The Morgan fingerprint density at radius 2 is 1.69 bits per heavy atom. The molecule has 0 spiro atoms. The third-order valence-corrected chi connectivity index (χ3v) is 2.85. The lowest BCUT2D eigenvalue weighted by Crippen LogP contribution is -1.88. The van der Waals surface area contributed by atoms with Crippen LogP contribution in [-0.2, 0) is 0 Å². The lowest BCUT2D eigenvalue weighted by molar-refractivity contribution is 0.474. The second-order valence-corrected chi connectivity index (χ2v) is 3.95. The average molecular weight is 214 g/mol. The third-order valence-electron chi connectivity index (χ3n) is 2.85. The number of hydrogen-bond acceptors (Lipinski definition) is 2. The van der Waals surface area contributed by atoms with E-state index in [1.807, 2.05) is 26.0 Å².